The summed E-state index contributed by atoms with van der Waals surface area (Å²) >= 11 is 5.05. The van der Waals surface area contributed by atoms with Crippen LogP contribution in [-0.2, 0) is 4.79 Å². The molecule has 5 heteroatoms. The Morgan fingerprint density at radius 1 is 1.37 bits per heavy atom. The summed E-state index contributed by atoms with van der Waals surface area (Å²) in [5, 5.41) is 11.9. The van der Waals surface area contributed by atoms with Gasteiger partial charge in [-0.05, 0) is 24.3 Å². The summed E-state index contributed by atoms with van der Waals surface area (Å²) in [5.41, 5.74) is -0.255. The van der Waals surface area contributed by atoms with Crippen LogP contribution >= 0.6 is 27.7 Å². The van der Waals surface area contributed by atoms with E-state index in [9.17, 15) is 4.79 Å². The zero-order valence-corrected chi connectivity index (χ0v) is 13.7. The number of hydrogen-bond donors (Lipinski definition) is 2. The summed E-state index contributed by atoms with van der Waals surface area (Å²) in [6.07, 6.45) is 0.488. The third-order valence-electron chi connectivity index (χ3n) is 2.60. The number of benzene rings is 1. The maximum atomic E-state index is 11.6. The molecular weight excluding hydrogens is 326 g/mol. The van der Waals surface area contributed by atoms with E-state index in [4.69, 9.17) is 5.11 Å². The first-order valence-corrected chi connectivity index (χ1v) is 7.97. The smallest absolute Gasteiger partial charge is 0.220 e. The molecular formula is C14H20BrNO2S. The minimum atomic E-state index is -0.255. The molecule has 0 aliphatic rings. The minimum absolute atomic E-state index is 0.0335. The molecule has 0 saturated heterocycles. The van der Waals surface area contributed by atoms with Crippen molar-refractivity contribution in [2.45, 2.75) is 25.2 Å². The average molecular weight is 346 g/mol. The van der Waals surface area contributed by atoms with Crippen molar-refractivity contribution in [3.05, 3.63) is 28.7 Å². The van der Waals surface area contributed by atoms with Crippen LogP contribution in [0.25, 0.3) is 0 Å². The van der Waals surface area contributed by atoms with Gasteiger partial charge >= 0.3 is 0 Å². The Balaban J connectivity index is 2.22. The van der Waals surface area contributed by atoms with Crippen molar-refractivity contribution in [1.82, 2.24) is 5.32 Å². The van der Waals surface area contributed by atoms with E-state index in [0.717, 1.165) is 15.1 Å². The monoisotopic (exact) mass is 345 g/mol. The number of carbonyl (C=O) groups excluding carboxylic acids is 1. The number of nitrogens with one attached hydrogen (secondary N) is 1. The van der Waals surface area contributed by atoms with Crippen LogP contribution in [0.1, 0.15) is 20.3 Å². The SMILES string of the molecule is CC(C)(CO)CNC(=O)CCSc1ccc(Br)cc1. The number of aliphatic hydroxyl groups is 1. The molecule has 0 aliphatic carbocycles. The number of amides is 1. The van der Waals surface area contributed by atoms with Crippen molar-refractivity contribution in [3.8, 4) is 0 Å². The predicted molar refractivity (Wildman–Crippen MR) is 83.4 cm³/mol. The summed E-state index contributed by atoms with van der Waals surface area (Å²) < 4.78 is 1.06. The lowest BCUT2D eigenvalue weighted by molar-refractivity contribution is -0.121. The third-order valence-corrected chi connectivity index (χ3v) is 4.15. The van der Waals surface area contributed by atoms with Crippen LogP contribution in [0.3, 0.4) is 0 Å². The van der Waals surface area contributed by atoms with Gasteiger partial charge in [-0.25, -0.2) is 0 Å². The average Bonchev–Trinajstić information content (AvgIpc) is 2.39. The fraction of sp³-hybridized carbons (Fsp3) is 0.500. The van der Waals surface area contributed by atoms with Gasteiger partial charge in [0.05, 0.1) is 0 Å². The quantitative estimate of drug-likeness (QED) is 0.746. The summed E-state index contributed by atoms with van der Waals surface area (Å²) in [5.74, 6) is 0.790. The van der Waals surface area contributed by atoms with E-state index in [1.807, 2.05) is 38.1 Å². The molecule has 0 bridgehead atoms. The Bertz CT molecular complexity index is 406. The minimum Gasteiger partial charge on any atom is -0.396 e. The maximum absolute atomic E-state index is 11.6. The van der Waals surface area contributed by atoms with Crippen molar-refractivity contribution in [2.75, 3.05) is 18.9 Å². The third kappa shape index (κ3) is 6.99. The fourth-order valence-corrected chi connectivity index (χ4v) is 2.39. The molecule has 0 fully saturated rings. The number of rotatable bonds is 7. The number of thioether (sulfide) groups is 1. The van der Waals surface area contributed by atoms with E-state index in [-0.39, 0.29) is 17.9 Å². The van der Waals surface area contributed by atoms with E-state index in [2.05, 4.69) is 21.2 Å². The van der Waals surface area contributed by atoms with E-state index >= 15 is 0 Å². The van der Waals surface area contributed by atoms with Gasteiger partial charge in [0.15, 0.2) is 0 Å². The van der Waals surface area contributed by atoms with Crippen LogP contribution in [0, 0.1) is 5.41 Å². The molecule has 0 heterocycles. The van der Waals surface area contributed by atoms with Crippen molar-refractivity contribution < 1.29 is 9.90 Å². The van der Waals surface area contributed by atoms with Crippen LogP contribution in [-0.4, -0.2) is 29.9 Å². The fourth-order valence-electron chi connectivity index (χ4n) is 1.27. The normalized spacial score (nSPS) is 11.4. The van der Waals surface area contributed by atoms with E-state index < -0.39 is 0 Å². The summed E-state index contributed by atoms with van der Waals surface area (Å²) in [4.78, 5) is 12.8. The molecule has 0 unspecified atom stereocenters. The molecule has 106 valence electrons. The van der Waals surface area contributed by atoms with Gasteiger partial charge in [-0.1, -0.05) is 29.8 Å². The zero-order chi connectivity index (χ0) is 14.3. The Morgan fingerprint density at radius 2 is 2.00 bits per heavy atom. The van der Waals surface area contributed by atoms with Gasteiger partial charge in [0.25, 0.3) is 0 Å². The molecule has 0 saturated carbocycles. The van der Waals surface area contributed by atoms with Crippen LogP contribution < -0.4 is 5.32 Å². The number of carbonyl (C=O) groups is 1. The first-order chi connectivity index (χ1) is 8.93. The van der Waals surface area contributed by atoms with Crippen molar-refractivity contribution in [2.24, 2.45) is 5.41 Å². The summed E-state index contributed by atoms with van der Waals surface area (Å²) in [6.45, 7) is 4.42. The lowest BCUT2D eigenvalue weighted by atomic mass is 9.95. The molecule has 1 aromatic carbocycles. The molecule has 1 aromatic rings. The highest BCUT2D eigenvalue weighted by atomic mass is 79.9. The molecule has 3 nitrogen and oxygen atoms in total. The van der Waals surface area contributed by atoms with E-state index in [1.54, 1.807) is 11.8 Å². The topological polar surface area (TPSA) is 49.3 Å². The molecule has 0 atom stereocenters. The summed E-state index contributed by atoms with van der Waals surface area (Å²) in [7, 11) is 0. The Labute approximate surface area is 127 Å². The van der Waals surface area contributed by atoms with Crippen LogP contribution in [0.4, 0.5) is 0 Å². The standard InChI is InChI=1S/C14H20BrNO2S/c1-14(2,10-17)9-16-13(18)7-8-19-12-5-3-11(15)4-6-12/h3-6,17H,7-10H2,1-2H3,(H,16,18). The van der Waals surface area contributed by atoms with Gasteiger partial charge in [0.2, 0.25) is 5.91 Å². The second kappa shape index (κ2) is 7.92. The molecule has 0 aliphatic heterocycles. The molecule has 1 rings (SSSR count). The van der Waals surface area contributed by atoms with Crippen LogP contribution in [0.15, 0.2) is 33.6 Å². The first-order valence-electron chi connectivity index (χ1n) is 6.19. The molecule has 19 heavy (non-hydrogen) atoms. The lowest BCUT2D eigenvalue weighted by Crippen LogP contribution is -2.36. The highest BCUT2D eigenvalue weighted by Crippen LogP contribution is 2.21. The van der Waals surface area contributed by atoms with Gasteiger partial charge in [-0.15, -0.1) is 11.8 Å². The van der Waals surface area contributed by atoms with Gasteiger partial charge in [-0.3, -0.25) is 4.79 Å². The van der Waals surface area contributed by atoms with Crippen molar-refractivity contribution in [3.63, 3.8) is 0 Å². The summed E-state index contributed by atoms with van der Waals surface area (Å²) in [6, 6.07) is 8.04. The Hall–Kier alpha value is -0.520. The van der Waals surface area contributed by atoms with E-state index in [1.165, 1.54) is 0 Å². The van der Waals surface area contributed by atoms with Gasteiger partial charge in [0, 0.05) is 40.1 Å². The Morgan fingerprint density at radius 3 is 2.58 bits per heavy atom. The van der Waals surface area contributed by atoms with Gasteiger partial charge < -0.3 is 10.4 Å². The van der Waals surface area contributed by atoms with Crippen molar-refractivity contribution in [1.29, 1.82) is 0 Å². The molecule has 0 spiro atoms. The second-order valence-corrected chi connectivity index (χ2v) is 7.24. The Kier molecular flexibility index (Phi) is 6.89. The van der Waals surface area contributed by atoms with Crippen LogP contribution in [0.5, 0.6) is 0 Å². The molecule has 2 N–H and O–H groups in total. The van der Waals surface area contributed by atoms with Gasteiger partial charge in [0.1, 0.15) is 0 Å². The first kappa shape index (κ1) is 16.5. The lowest BCUT2D eigenvalue weighted by Gasteiger charge is -2.21. The van der Waals surface area contributed by atoms with Crippen LogP contribution in [0.2, 0.25) is 0 Å². The molecule has 0 radical (unpaired) electrons. The largest absolute Gasteiger partial charge is 0.396 e. The molecule has 0 aromatic heterocycles. The van der Waals surface area contributed by atoms with E-state index in [0.29, 0.717) is 13.0 Å². The number of halogens is 1. The number of aliphatic hydroxyl groups excluding tert-OH is 1. The number of hydrogen-bond acceptors (Lipinski definition) is 3. The predicted octanol–water partition coefficient (Wildman–Crippen LogP) is 3.07. The highest BCUT2D eigenvalue weighted by molar-refractivity contribution is 9.10. The highest BCUT2D eigenvalue weighted by Gasteiger charge is 2.17. The van der Waals surface area contributed by atoms with Gasteiger partial charge in [-0.2, -0.15) is 0 Å². The second-order valence-electron chi connectivity index (χ2n) is 5.15. The molecule has 1 amide bonds. The maximum Gasteiger partial charge on any atom is 0.220 e. The van der Waals surface area contributed by atoms with Crippen molar-refractivity contribution >= 4 is 33.6 Å². The zero-order valence-electron chi connectivity index (χ0n) is 11.3.